The number of aliphatic hydroxyl groups excluding tert-OH is 1. The number of aromatic nitrogens is 2. The molecular weight excluding hydrogens is 402 g/mol. The van der Waals surface area contributed by atoms with E-state index in [9.17, 15) is 9.90 Å². The summed E-state index contributed by atoms with van der Waals surface area (Å²) in [6.07, 6.45) is 5.69. The summed E-state index contributed by atoms with van der Waals surface area (Å²) in [5.41, 5.74) is 2.92. The lowest BCUT2D eigenvalue weighted by Crippen LogP contribution is -2.30. The van der Waals surface area contributed by atoms with Crippen LogP contribution in [-0.4, -0.2) is 34.1 Å². The Morgan fingerprint density at radius 1 is 1.20 bits per heavy atom. The Hall–Kier alpha value is -2.96. The van der Waals surface area contributed by atoms with Gasteiger partial charge in [-0.3, -0.25) is 9.78 Å². The smallest absolute Gasteiger partial charge is 0.252 e. The van der Waals surface area contributed by atoms with Crippen LogP contribution in [0, 0.1) is 5.92 Å². The summed E-state index contributed by atoms with van der Waals surface area (Å²) >= 11 is 6.02. The largest absolute Gasteiger partial charge is 0.472 e. The molecule has 0 spiro atoms. The number of nitrogens with zero attached hydrogens (tertiary/aromatic N) is 2. The van der Waals surface area contributed by atoms with Crippen molar-refractivity contribution in [2.45, 2.75) is 20.0 Å². The van der Waals surface area contributed by atoms with Crippen molar-refractivity contribution in [3.05, 3.63) is 77.2 Å². The second-order valence-corrected chi connectivity index (χ2v) is 7.33. The zero-order chi connectivity index (χ0) is 21.3. The molecule has 0 aliphatic rings. The monoisotopic (exact) mass is 425 g/mol. The van der Waals surface area contributed by atoms with Crippen molar-refractivity contribution in [2.24, 2.45) is 5.92 Å². The van der Waals surface area contributed by atoms with Gasteiger partial charge in [-0.15, -0.1) is 0 Å². The van der Waals surface area contributed by atoms with Crippen LogP contribution in [-0.2, 0) is 6.61 Å². The molecule has 2 heterocycles. The molecule has 3 rings (SSSR count). The van der Waals surface area contributed by atoms with E-state index in [4.69, 9.17) is 16.3 Å². The number of amides is 1. The first-order valence-electron chi connectivity index (χ1n) is 9.77. The van der Waals surface area contributed by atoms with Gasteiger partial charge in [0.05, 0.1) is 5.56 Å². The number of pyridine rings is 2. The number of hydrogen-bond acceptors (Lipinski definition) is 5. The van der Waals surface area contributed by atoms with Gasteiger partial charge in [0.2, 0.25) is 5.88 Å². The highest BCUT2D eigenvalue weighted by atomic mass is 35.5. The maximum Gasteiger partial charge on any atom is 0.252 e. The van der Waals surface area contributed by atoms with Crippen LogP contribution in [0.15, 0.2) is 61.1 Å². The predicted molar refractivity (Wildman–Crippen MR) is 116 cm³/mol. The Balaban J connectivity index is 1.85. The summed E-state index contributed by atoms with van der Waals surface area (Å²) in [4.78, 5) is 21.0. The quantitative estimate of drug-likeness (QED) is 0.538. The van der Waals surface area contributed by atoms with Crippen LogP contribution < -0.4 is 10.1 Å². The number of carbonyl (C=O) groups is 1. The van der Waals surface area contributed by atoms with Crippen molar-refractivity contribution in [3.8, 4) is 17.0 Å². The van der Waals surface area contributed by atoms with E-state index in [2.05, 4.69) is 15.3 Å². The lowest BCUT2D eigenvalue weighted by molar-refractivity contribution is 0.0939. The minimum Gasteiger partial charge on any atom is -0.472 e. The third-order valence-electron chi connectivity index (χ3n) is 4.78. The standard InChI is InChI=1S/C23H24ClN3O3/c1-2-16(14-28)12-26-22(29)19-11-21(18-3-5-20(24)6-4-18)23(27-13-19)30-15-17-7-9-25-10-8-17/h3-11,13,16,28H,2,12,14-15H2,1H3,(H,26,29). The molecule has 0 saturated carbocycles. The highest BCUT2D eigenvalue weighted by Gasteiger charge is 2.15. The molecule has 1 amide bonds. The summed E-state index contributed by atoms with van der Waals surface area (Å²) in [6.45, 7) is 2.74. The van der Waals surface area contributed by atoms with Crippen LogP contribution in [0.1, 0.15) is 29.3 Å². The first kappa shape index (κ1) is 21.7. The number of carbonyl (C=O) groups excluding carboxylic acids is 1. The van der Waals surface area contributed by atoms with Crippen LogP contribution in [0.4, 0.5) is 0 Å². The highest BCUT2D eigenvalue weighted by Crippen LogP contribution is 2.30. The molecule has 0 bridgehead atoms. The summed E-state index contributed by atoms with van der Waals surface area (Å²) in [6, 6.07) is 12.8. The van der Waals surface area contributed by atoms with Gasteiger partial charge in [-0.25, -0.2) is 4.98 Å². The predicted octanol–water partition coefficient (Wildman–Crippen LogP) is 4.12. The van der Waals surface area contributed by atoms with Crippen molar-refractivity contribution >= 4 is 17.5 Å². The first-order valence-corrected chi connectivity index (χ1v) is 10.1. The number of benzene rings is 1. The lowest BCUT2D eigenvalue weighted by Gasteiger charge is -2.15. The molecule has 0 aliphatic carbocycles. The molecule has 30 heavy (non-hydrogen) atoms. The fourth-order valence-corrected chi connectivity index (χ4v) is 2.96. The number of halogens is 1. The van der Waals surface area contributed by atoms with Crippen LogP contribution in [0.3, 0.4) is 0 Å². The number of nitrogens with one attached hydrogen (secondary N) is 1. The van der Waals surface area contributed by atoms with Crippen LogP contribution in [0.25, 0.3) is 11.1 Å². The molecule has 0 aliphatic heterocycles. The number of rotatable bonds is 9. The molecule has 156 valence electrons. The van der Waals surface area contributed by atoms with E-state index in [0.717, 1.165) is 17.5 Å². The van der Waals surface area contributed by atoms with Gasteiger partial charge in [0, 0.05) is 42.3 Å². The zero-order valence-electron chi connectivity index (χ0n) is 16.7. The van der Waals surface area contributed by atoms with Crippen LogP contribution >= 0.6 is 11.6 Å². The molecule has 6 nitrogen and oxygen atoms in total. The van der Waals surface area contributed by atoms with Gasteiger partial charge in [-0.2, -0.15) is 0 Å². The minimum atomic E-state index is -0.245. The van der Waals surface area contributed by atoms with E-state index in [1.54, 1.807) is 30.6 Å². The van der Waals surface area contributed by atoms with Gasteiger partial charge < -0.3 is 15.2 Å². The van der Waals surface area contributed by atoms with Gasteiger partial charge in [0.15, 0.2) is 0 Å². The van der Waals surface area contributed by atoms with Crippen molar-refractivity contribution < 1.29 is 14.6 Å². The Morgan fingerprint density at radius 2 is 1.93 bits per heavy atom. The Morgan fingerprint density at radius 3 is 2.60 bits per heavy atom. The Kier molecular flexibility index (Phi) is 7.76. The zero-order valence-corrected chi connectivity index (χ0v) is 17.5. The molecule has 0 radical (unpaired) electrons. The molecule has 3 aromatic rings. The Labute approximate surface area is 180 Å². The summed E-state index contributed by atoms with van der Waals surface area (Å²) in [5.74, 6) is 0.207. The second-order valence-electron chi connectivity index (χ2n) is 6.89. The van der Waals surface area contributed by atoms with E-state index < -0.39 is 0 Å². The van der Waals surface area contributed by atoms with Crippen LogP contribution in [0.2, 0.25) is 5.02 Å². The summed E-state index contributed by atoms with van der Waals surface area (Å²) in [7, 11) is 0. The van der Waals surface area contributed by atoms with Crippen molar-refractivity contribution in [1.29, 1.82) is 0 Å². The normalized spacial score (nSPS) is 11.7. The molecule has 1 atom stereocenters. The molecule has 0 fully saturated rings. The van der Waals surface area contributed by atoms with Gasteiger partial charge >= 0.3 is 0 Å². The number of aliphatic hydroxyl groups is 1. The third kappa shape index (κ3) is 5.78. The highest BCUT2D eigenvalue weighted by molar-refractivity contribution is 6.30. The van der Waals surface area contributed by atoms with E-state index >= 15 is 0 Å². The van der Waals surface area contributed by atoms with Crippen molar-refractivity contribution in [3.63, 3.8) is 0 Å². The van der Waals surface area contributed by atoms with E-state index in [-0.39, 0.29) is 18.4 Å². The SMILES string of the molecule is CCC(CO)CNC(=O)c1cnc(OCc2ccncc2)c(-c2ccc(Cl)cc2)c1. The van der Waals surface area contributed by atoms with Crippen molar-refractivity contribution in [1.82, 2.24) is 15.3 Å². The van der Waals surface area contributed by atoms with Crippen LogP contribution in [0.5, 0.6) is 5.88 Å². The van der Waals surface area contributed by atoms with Gasteiger partial charge in [-0.05, 0) is 53.8 Å². The number of hydrogen-bond donors (Lipinski definition) is 2. The third-order valence-corrected chi connectivity index (χ3v) is 5.03. The first-order chi connectivity index (χ1) is 14.6. The molecule has 2 N–H and O–H groups in total. The molecular formula is C23H24ClN3O3. The number of ether oxygens (including phenoxy) is 1. The fraction of sp³-hybridized carbons (Fsp3) is 0.261. The molecule has 0 saturated heterocycles. The summed E-state index contributed by atoms with van der Waals surface area (Å²) in [5, 5.41) is 12.8. The minimum absolute atomic E-state index is 0.0283. The van der Waals surface area contributed by atoms with Gasteiger partial charge in [0.1, 0.15) is 6.61 Å². The van der Waals surface area contributed by atoms with E-state index in [1.165, 1.54) is 6.20 Å². The fourth-order valence-electron chi connectivity index (χ4n) is 2.84. The van der Waals surface area contributed by atoms with Gasteiger partial charge in [-0.1, -0.05) is 30.7 Å². The maximum atomic E-state index is 12.6. The molecule has 1 unspecified atom stereocenters. The average molecular weight is 426 g/mol. The summed E-state index contributed by atoms with van der Waals surface area (Å²) < 4.78 is 5.94. The molecule has 7 heteroatoms. The van der Waals surface area contributed by atoms with E-state index in [1.807, 2.05) is 31.2 Å². The topological polar surface area (TPSA) is 84.3 Å². The van der Waals surface area contributed by atoms with E-state index in [0.29, 0.717) is 35.2 Å². The average Bonchev–Trinajstić information content (AvgIpc) is 2.79. The van der Waals surface area contributed by atoms with Gasteiger partial charge in [0.25, 0.3) is 5.91 Å². The maximum absolute atomic E-state index is 12.6. The lowest BCUT2D eigenvalue weighted by atomic mass is 10.0. The second kappa shape index (κ2) is 10.7. The molecule has 1 aromatic carbocycles. The van der Waals surface area contributed by atoms with Crippen molar-refractivity contribution in [2.75, 3.05) is 13.2 Å². The Bertz CT molecular complexity index is 961. The molecule has 2 aromatic heterocycles.